The molecule has 0 radical (unpaired) electrons. The SMILES string of the molecule is CCC1OCCC1C(=O)NCC1CCCC1O. The van der Waals surface area contributed by atoms with Gasteiger partial charge in [-0.1, -0.05) is 13.3 Å². The molecular formula is C13H23NO3. The van der Waals surface area contributed by atoms with Crippen LogP contribution in [0.25, 0.3) is 0 Å². The molecule has 2 fully saturated rings. The summed E-state index contributed by atoms with van der Waals surface area (Å²) < 4.78 is 5.52. The van der Waals surface area contributed by atoms with E-state index in [9.17, 15) is 9.90 Å². The number of hydrogen-bond donors (Lipinski definition) is 2. The molecule has 1 aliphatic carbocycles. The summed E-state index contributed by atoms with van der Waals surface area (Å²) in [6, 6.07) is 0. The number of ether oxygens (including phenoxy) is 1. The van der Waals surface area contributed by atoms with Crippen molar-refractivity contribution in [1.82, 2.24) is 5.32 Å². The van der Waals surface area contributed by atoms with Gasteiger partial charge in [-0.2, -0.15) is 0 Å². The van der Waals surface area contributed by atoms with Gasteiger partial charge in [-0.3, -0.25) is 4.79 Å². The summed E-state index contributed by atoms with van der Waals surface area (Å²) in [5.74, 6) is 0.369. The van der Waals surface area contributed by atoms with Gasteiger partial charge in [-0.25, -0.2) is 0 Å². The molecule has 0 spiro atoms. The van der Waals surface area contributed by atoms with Crippen LogP contribution in [0.4, 0.5) is 0 Å². The van der Waals surface area contributed by atoms with E-state index < -0.39 is 0 Å². The summed E-state index contributed by atoms with van der Waals surface area (Å²) in [4.78, 5) is 12.0. The van der Waals surface area contributed by atoms with Crippen molar-refractivity contribution in [3.05, 3.63) is 0 Å². The van der Waals surface area contributed by atoms with Crippen LogP contribution in [0.3, 0.4) is 0 Å². The van der Waals surface area contributed by atoms with E-state index in [2.05, 4.69) is 12.2 Å². The van der Waals surface area contributed by atoms with Crippen LogP contribution < -0.4 is 5.32 Å². The van der Waals surface area contributed by atoms with Gasteiger partial charge in [-0.15, -0.1) is 0 Å². The summed E-state index contributed by atoms with van der Waals surface area (Å²) in [5.41, 5.74) is 0. The van der Waals surface area contributed by atoms with Crippen molar-refractivity contribution in [2.45, 2.75) is 51.2 Å². The van der Waals surface area contributed by atoms with Crippen LogP contribution in [0.15, 0.2) is 0 Å². The van der Waals surface area contributed by atoms with Gasteiger partial charge in [0.2, 0.25) is 5.91 Å². The molecule has 2 aliphatic rings. The molecule has 1 saturated heterocycles. The molecule has 0 bridgehead atoms. The first-order valence-corrected chi connectivity index (χ1v) is 6.79. The van der Waals surface area contributed by atoms with Gasteiger partial charge in [0.1, 0.15) is 0 Å². The zero-order valence-electron chi connectivity index (χ0n) is 10.5. The number of nitrogens with one attached hydrogen (secondary N) is 1. The maximum absolute atomic E-state index is 12.0. The highest BCUT2D eigenvalue weighted by molar-refractivity contribution is 5.79. The van der Waals surface area contributed by atoms with Gasteiger partial charge in [-0.05, 0) is 25.7 Å². The molecule has 2 N–H and O–H groups in total. The fourth-order valence-corrected chi connectivity index (χ4v) is 2.97. The third kappa shape index (κ3) is 2.99. The highest BCUT2D eigenvalue weighted by Gasteiger charge is 2.33. The second-order valence-electron chi connectivity index (χ2n) is 5.22. The Morgan fingerprint density at radius 1 is 1.41 bits per heavy atom. The average molecular weight is 241 g/mol. The predicted molar refractivity (Wildman–Crippen MR) is 64.5 cm³/mol. The van der Waals surface area contributed by atoms with Crippen LogP contribution in [0.2, 0.25) is 0 Å². The zero-order valence-corrected chi connectivity index (χ0v) is 10.5. The van der Waals surface area contributed by atoms with Gasteiger partial charge in [0.25, 0.3) is 0 Å². The molecule has 4 nitrogen and oxygen atoms in total. The lowest BCUT2D eigenvalue weighted by Gasteiger charge is -2.19. The van der Waals surface area contributed by atoms with E-state index in [4.69, 9.17) is 4.74 Å². The molecule has 0 aromatic heterocycles. The minimum absolute atomic E-state index is 0.0125. The summed E-state index contributed by atoms with van der Waals surface area (Å²) in [5, 5.41) is 12.7. The number of aliphatic hydroxyl groups excluding tert-OH is 1. The van der Waals surface area contributed by atoms with Gasteiger partial charge in [0, 0.05) is 19.1 Å². The van der Waals surface area contributed by atoms with E-state index in [1.807, 2.05) is 0 Å². The molecule has 98 valence electrons. The second-order valence-corrected chi connectivity index (χ2v) is 5.22. The smallest absolute Gasteiger partial charge is 0.225 e. The molecule has 1 saturated carbocycles. The lowest BCUT2D eigenvalue weighted by molar-refractivity contribution is -0.127. The van der Waals surface area contributed by atoms with Gasteiger partial charge in [0.05, 0.1) is 18.1 Å². The Hall–Kier alpha value is -0.610. The first-order valence-electron chi connectivity index (χ1n) is 6.79. The quantitative estimate of drug-likeness (QED) is 0.774. The van der Waals surface area contributed by atoms with E-state index in [0.29, 0.717) is 13.2 Å². The Bertz CT molecular complexity index is 269. The van der Waals surface area contributed by atoms with Crippen LogP contribution in [-0.2, 0) is 9.53 Å². The first kappa shape index (κ1) is 12.8. The lowest BCUT2D eigenvalue weighted by atomic mass is 9.98. The van der Waals surface area contributed by atoms with Gasteiger partial charge in [0.15, 0.2) is 0 Å². The molecule has 2 rings (SSSR count). The van der Waals surface area contributed by atoms with Crippen LogP contribution in [0.5, 0.6) is 0 Å². The van der Waals surface area contributed by atoms with Crippen molar-refractivity contribution in [1.29, 1.82) is 0 Å². The number of aliphatic hydroxyl groups is 1. The van der Waals surface area contributed by atoms with E-state index in [-0.39, 0.29) is 30.0 Å². The van der Waals surface area contributed by atoms with E-state index >= 15 is 0 Å². The highest BCUT2D eigenvalue weighted by atomic mass is 16.5. The fraction of sp³-hybridized carbons (Fsp3) is 0.923. The summed E-state index contributed by atoms with van der Waals surface area (Å²) in [6.45, 7) is 3.37. The molecule has 4 heteroatoms. The monoisotopic (exact) mass is 241 g/mol. The molecule has 4 atom stereocenters. The molecule has 1 amide bonds. The summed E-state index contributed by atoms with van der Waals surface area (Å²) >= 11 is 0. The van der Waals surface area contributed by atoms with Crippen molar-refractivity contribution >= 4 is 5.91 Å². The topological polar surface area (TPSA) is 58.6 Å². The van der Waals surface area contributed by atoms with E-state index in [0.717, 1.165) is 32.1 Å². The maximum atomic E-state index is 12.0. The Balaban J connectivity index is 1.77. The standard InChI is InChI=1S/C13H23NO3/c1-2-12-10(6-7-17-12)13(16)14-8-9-4-3-5-11(9)15/h9-12,15H,2-8H2,1H3,(H,14,16). The Kier molecular flexibility index (Phi) is 4.40. The third-order valence-corrected chi connectivity index (χ3v) is 4.11. The zero-order chi connectivity index (χ0) is 12.3. The van der Waals surface area contributed by atoms with Crippen molar-refractivity contribution in [2.75, 3.05) is 13.2 Å². The largest absolute Gasteiger partial charge is 0.393 e. The number of carbonyl (C=O) groups excluding carboxylic acids is 1. The molecular weight excluding hydrogens is 218 g/mol. The normalized spacial score (nSPS) is 37.3. The maximum Gasteiger partial charge on any atom is 0.225 e. The number of carbonyl (C=O) groups is 1. The number of amides is 1. The molecule has 17 heavy (non-hydrogen) atoms. The van der Waals surface area contributed by atoms with Crippen LogP contribution in [0, 0.1) is 11.8 Å². The fourth-order valence-electron chi connectivity index (χ4n) is 2.97. The van der Waals surface area contributed by atoms with Crippen molar-refractivity contribution < 1.29 is 14.6 Å². The van der Waals surface area contributed by atoms with Crippen LogP contribution in [-0.4, -0.2) is 36.4 Å². The molecule has 4 unspecified atom stereocenters. The summed E-state index contributed by atoms with van der Waals surface area (Å²) in [7, 11) is 0. The minimum Gasteiger partial charge on any atom is -0.393 e. The Morgan fingerprint density at radius 2 is 2.24 bits per heavy atom. The van der Waals surface area contributed by atoms with E-state index in [1.165, 1.54) is 0 Å². The Labute approximate surface area is 103 Å². The third-order valence-electron chi connectivity index (χ3n) is 4.11. The molecule has 0 aromatic carbocycles. The summed E-state index contributed by atoms with van der Waals surface area (Å²) in [6.07, 6.45) is 4.57. The van der Waals surface area contributed by atoms with Crippen LogP contribution in [0.1, 0.15) is 39.0 Å². The Morgan fingerprint density at radius 3 is 2.88 bits per heavy atom. The van der Waals surface area contributed by atoms with Gasteiger partial charge >= 0.3 is 0 Å². The van der Waals surface area contributed by atoms with Crippen molar-refractivity contribution in [3.63, 3.8) is 0 Å². The molecule has 1 aliphatic heterocycles. The lowest BCUT2D eigenvalue weighted by Crippen LogP contribution is -2.39. The first-order chi connectivity index (χ1) is 8.22. The molecule has 0 aromatic rings. The van der Waals surface area contributed by atoms with Crippen molar-refractivity contribution in [2.24, 2.45) is 11.8 Å². The average Bonchev–Trinajstić information content (AvgIpc) is 2.94. The van der Waals surface area contributed by atoms with Crippen molar-refractivity contribution in [3.8, 4) is 0 Å². The molecule has 1 heterocycles. The van der Waals surface area contributed by atoms with Gasteiger partial charge < -0.3 is 15.2 Å². The van der Waals surface area contributed by atoms with E-state index in [1.54, 1.807) is 0 Å². The number of hydrogen-bond acceptors (Lipinski definition) is 3. The highest BCUT2D eigenvalue weighted by Crippen LogP contribution is 2.26. The number of rotatable bonds is 4. The predicted octanol–water partition coefficient (Wildman–Crippen LogP) is 1.08. The second kappa shape index (κ2) is 5.83. The van der Waals surface area contributed by atoms with Crippen LogP contribution >= 0.6 is 0 Å². The minimum atomic E-state index is -0.225.